The standard InChI is InChI=1S/C14H13N3O2/c18-13-7-10-3-1-2-4-12(10)14(19)17(13)6-5-11-8-15-9-16-11/h1-4,8-9H,5-7H2,(H,15,16). The van der Waals surface area contributed by atoms with Crippen molar-refractivity contribution < 1.29 is 9.59 Å². The maximum Gasteiger partial charge on any atom is 0.260 e. The Bertz CT molecular complexity index is 619. The zero-order valence-electron chi connectivity index (χ0n) is 10.3. The molecule has 1 aromatic heterocycles. The Balaban J connectivity index is 1.79. The Morgan fingerprint density at radius 2 is 2.11 bits per heavy atom. The number of amides is 2. The van der Waals surface area contributed by atoms with Gasteiger partial charge in [0.2, 0.25) is 5.91 Å². The van der Waals surface area contributed by atoms with E-state index in [1.54, 1.807) is 18.6 Å². The summed E-state index contributed by atoms with van der Waals surface area (Å²) in [7, 11) is 0. The van der Waals surface area contributed by atoms with Gasteiger partial charge in [0, 0.05) is 30.4 Å². The van der Waals surface area contributed by atoms with Crippen LogP contribution in [0.1, 0.15) is 21.6 Å². The van der Waals surface area contributed by atoms with Crippen LogP contribution < -0.4 is 0 Å². The van der Waals surface area contributed by atoms with E-state index >= 15 is 0 Å². The SMILES string of the molecule is O=C1Cc2ccccc2C(=O)N1CCc1cnc[nH]1. The van der Waals surface area contributed by atoms with Crippen LogP contribution >= 0.6 is 0 Å². The van der Waals surface area contributed by atoms with Crippen molar-refractivity contribution >= 4 is 11.8 Å². The van der Waals surface area contributed by atoms with Crippen LogP contribution in [0.15, 0.2) is 36.8 Å². The summed E-state index contributed by atoms with van der Waals surface area (Å²) in [6, 6.07) is 7.27. The lowest BCUT2D eigenvalue weighted by atomic mass is 9.98. The van der Waals surface area contributed by atoms with E-state index in [-0.39, 0.29) is 11.8 Å². The monoisotopic (exact) mass is 255 g/mol. The van der Waals surface area contributed by atoms with Crippen molar-refractivity contribution in [3.8, 4) is 0 Å². The van der Waals surface area contributed by atoms with Crippen molar-refractivity contribution in [2.45, 2.75) is 12.8 Å². The molecule has 0 atom stereocenters. The summed E-state index contributed by atoms with van der Waals surface area (Å²) in [4.78, 5) is 32.5. The number of nitrogens with one attached hydrogen (secondary N) is 1. The second-order valence-corrected chi connectivity index (χ2v) is 4.51. The van der Waals surface area contributed by atoms with Gasteiger partial charge < -0.3 is 4.98 Å². The summed E-state index contributed by atoms with van der Waals surface area (Å²) in [5, 5.41) is 0. The molecule has 0 saturated carbocycles. The molecule has 0 unspecified atom stereocenters. The molecule has 0 spiro atoms. The van der Waals surface area contributed by atoms with E-state index in [0.717, 1.165) is 11.3 Å². The molecule has 2 aromatic rings. The molecule has 0 saturated heterocycles. The molecule has 2 amide bonds. The van der Waals surface area contributed by atoms with Gasteiger partial charge in [-0.25, -0.2) is 4.98 Å². The fourth-order valence-corrected chi connectivity index (χ4v) is 2.28. The molecular formula is C14H13N3O2. The van der Waals surface area contributed by atoms with Crippen LogP contribution in [0.4, 0.5) is 0 Å². The van der Waals surface area contributed by atoms with Crippen molar-refractivity contribution in [3.63, 3.8) is 0 Å². The van der Waals surface area contributed by atoms with Crippen molar-refractivity contribution in [2.75, 3.05) is 6.54 Å². The Hall–Kier alpha value is -2.43. The first-order chi connectivity index (χ1) is 9.25. The second kappa shape index (κ2) is 4.68. The van der Waals surface area contributed by atoms with Gasteiger partial charge >= 0.3 is 0 Å². The zero-order valence-corrected chi connectivity index (χ0v) is 10.3. The molecule has 0 fully saturated rings. The summed E-state index contributed by atoms with van der Waals surface area (Å²) in [5.41, 5.74) is 2.36. The average Bonchev–Trinajstić information content (AvgIpc) is 2.92. The highest BCUT2D eigenvalue weighted by Crippen LogP contribution is 2.19. The maximum atomic E-state index is 12.3. The van der Waals surface area contributed by atoms with E-state index in [2.05, 4.69) is 9.97 Å². The van der Waals surface area contributed by atoms with Crippen molar-refractivity contribution in [1.82, 2.24) is 14.9 Å². The van der Waals surface area contributed by atoms with Crippen LogP contribution in [0.2, 0.25) is 0 Å². The van der Waals surface area contributed by atoms with E-state index in [4.69, 9.17) is 0 Å². The second-order valence-electron chi connectivity index (χ2n) is 4.51. The number of aromatic amines is 1. The van der Waals surface area contributed by atoms with Gasteiger partial charge in [0.15, 0.2) is 0 Å². The molecule has 0 aliphatic carbocycles. The van der Waals surface area contributed by atoms with Gasteiger partial charge in [-0.3, -0.25) is 14.5 Å². The number of aromatic nitrogens is 2. The zero-order chi connectivity index (χ0) is 13.2. The van der Waals surface area contributed by atoms with E-state index in [0.29, 0.717) is 24.9 Å². The fourth-order valence-electron chi connectivity index (χ4n) is 2.28. The first kappa shape index (κ1) is 11.6. The third kappa shape index (κ3) is 2.14. The van der Waals surface area contributed by atoms with Gasteiger partial charge in [0.25, 0.3) is 5.91 Å². The molecule has 96 valence electrons. The first-order valence-electron chi connectivity index (χ1n) is 6.15. The predicted octanol–water partition coefficient (Wildman–Crippen LogP) is 1.18. The quantitative estimate of drug-likeness (QED) is 0.837. The van der Waals surface area contributed by atoms with Crippen LogP contribution in [0, 0.1) is 0 Å². The highest BCUT2D eigenvalue weighted by molar-refractivity contribution is 6.09. The lowest BCUT2D eigenvalue weighted by Gasteiger charge is -2.26. The number of rotatable bonds is 3. The number of fused-ring (bicyclic) bond motifs is 1. The highest BCUT2D eigenvalue weighted by atomic mass is 16.2. The van der Waals surface area contributed by atoms with Gasteiger partial charge in [-0.15, -0.1) is 0 Å². The number of benzene rings is 1. The molecule has 1 aliphatic rings. The van der Waals surface area contributed by atoms with Crippen molar-refractivity contribution in [1.29, 1.82) is 0 Å². The molecule has 1 aliphatic heterocycles. The summed E-state index contributed by atoms with van der Waals surface area (Å²) in [6.45, 7) is 0.383. The summed E-state index contributed by atoms with van der Waals surface area (Å²) in [6.07, 6.45) is 4.18. The van der Waals surface area contributed by atoms with Crippen LogP contribution in [0.25, 0.3) is 0 Å². The van der Waals surface area contributed by atoms with Crippen LogP contribution in [0.3, 0.4) is 0 Å². The average molecular weight is 255 g/mol. The summed E-state index contributed by atoms with van der Waals surface area (Å²) < 4.78 is 0. The molecule has 2 heterocycles. The topological polar surface area (TPSA) is 66.1 Å². The number of hydrogen-bond donors (Lipinski definition) is 1. The van der Waals surface area contributed by atoms with Crippen LogP contribution in [0.5, 0.6) is 0 Å². The third-order valence-electron chi connectivity index (χ3n) is 3.30. The van der Waals surface area contributed by atoms with E-state index in [9.17, 15) is 9.59 Å². The molecule has 19 heavy (non-hydrogen) atoms. The molecular weight excluding hydrogens is 242 g/mol. The summed E-state index contributed by atoms with van der Waals surface area (Å²) in [5.74, 6) is -0.338. The van der Waals surface area contributed by atoms with Crippen molar-refractivity contribution in [3.05, 3.63) is 53.6 Å². The number of H-pyrrole nitrogens is 1. The Kier molecular flexibility index (Phi) is 2.87. The first-order valence-corrected chi connectivity index (χ1v) is 6.15. The number of hydrogen-bond acceptors (Lipinski definition) is 3. The maximum absolute atomic E-state index is 12.3. The largest absolute Gasteiger partial charge is 0.348 e. The van der Waals surface area contributed by atoms with Gasteiger partial charge in [-0.05, 0) is 11.6 Å². The molecule has 0 bridgehead atoms. The number of nitrogens with zero attached hydrogens (tertiary/aromatic N) is 2. The smallest absolute Gasteiger partial charge is 0.260 e. The molecule has 3 rings (SSSR count). The van der Waals surface area contributed by atoms with Gasteiger partial charge in [0.1, 0.15) is 0 Å². The Morgan fingerprint density at radius 1 is 1.26 bits per heavy atom. The Labute approximate surface area is 110 Å². The number of imide groups is 1. The summed E-state index contributed by atoms with van der Waals surface area (Å²) >= 11 is 0. The van der Waals surface area contributed by atoms with Crippen LogP contribution in [-0.2, 0) is 17.6 Å². The molecule has 0 radical (unpaired) electrons. The minimum atomic E-state index is -0.202. The van der Waals surface area contributed by atoms with E-state index < -0.39 is 0 Å². The number of imidazole rings is 1. The molecule has 1 N–H and O–H groups in total. The van der Waals surface area contributed by atoms with Gasteiger partial charge in [-0.2, -0.15) is 0 Å². The van der Waals surface area contributed by atoms with Gasteiger partial charge in [0.05, 0.1) is 12.7 Å². The Morgan fingerprint density at radius 3 is 2.89 bits per heavy atom. The predicted molar refractivity (Wildman–Crippen MR) is 68.5 cm³/mol. The molecule has 1 aromatic carbocycles. The van der Waals surface area contributed by atoms with Crippen molar-refractivity contribution in [2.24, 2.45) is 0 Å². The highest BCUT2D eigenvalue weighted by Gasteiger charge is 2.30. The molecule has 5 nitrogen and oxygen atoms in total. The third-order valence-corrected chi connectivity index (χ3v) is 3.30. The minimum Gasteiger partial charge on any atom is -0.348 e. The van der Waals surface area contributed by atoms with Crippen LogP contribution in [-0.4, -0.2) is 33.2 Å². The lowest BCUT2D eigenvalue weighted by Crippen LogP contribution is -2.43. The van der Waals surface area contributed by atoms with E-state index in [1.807, 2.05) is 18.2 Å². The van der Waals surface area contributed by atoms with Gasteiger partial charge in [-0.1, -0.05) is 18.2 Å². The number of carbonyl (C=O) groups excluding carboxylic acids is 2. The van der Waals surface area contributed by atoms with E-state index in [1.165, 1.54) is 4.90 Å². The lowest BCUT2D eigenvalue weighted by molar-refractivity contribution is -0.128. The number of carbonyl (C=O) groups is 2. The molecule has 5 heteroatoms. The fraction of sp³-hybridized carbons (Fsp3) is 0.214. The normalized spacial score (nSPS) is 14.6. The minimum absolute atomic E-state index is 0.136.